The second kappa shape index (κ2) is 6.09. The molecule has 0 aromatic carbocycles. The summed E-state index contributed by atoms with van der Waals surface area (Å²) in [6.07, 6.45) is 5.13. The lowest BCUT2D eigenvalue weighted by Gasteiger charge is -2.27. The van der Waals surface area contributed by atoms with Gasteiger partial charge in [0.15, 0.2) is 5.96 Å². The highest BCUT2D eigenvalue weighted by atomic mass is 15.2. The highest BCUT2D eigenvalue weighted by Gasteiger charge is 2.20. The number of aliphatic imine (C=N–C) groups is 1. The number of rotatable bonds is 4. The molecule has 0 aromatic rings. The summed E-state index contributed by atoms with van der Waals surface area (Å²) < 4.78 is 0. The molecule has 2 aliphatic rings. The van der Waals surface area contributed by atoms with Crippen LogP contribution in [0.2, 0.25) is 0 Å². The van der Waals surface area contributed by atoms with Crippen LogP contribution in [0.15, 0.2) is 4.99 Å². The average Bonchev–Trinajstić information content (AvgIpc) is 2.85. The minimum absolute atomic E-state index is 0.675. The number of hydrogen-bond donors (Lipinski definition) is 2. The molecule has 0 radical (unpaired) electrons. The summed E-state index contributed by atoms with van der Waals surface area (Å²) >= 11 is 0. The Morgan fingerprint density at radius 2 is 2.19 bits per heavy atom. The van der Waals surface area contributed by atoms with Crippen LogP contribution >= 0.6 is 0 Å². The Balaban J connectivity index is 1.75. The fourth-order valence-corrected chi connectivity index (χ4v) is 2.50. The smallest absolute Gasteiger partial charge is 0.191 e. The van der Waals surface area contributed by atoms with Crippen molar-refractivity contribution < 1.29 is 0 Å². The molecule has 1 fully saturated rings. The molecule has 0 spiro atoms. The Hall–Kier alpha value is -0.770. The van der Waals surface area contributed by atoms with E-state index in [-0.39, 0.29) is 0 Å². The molecule has 0 aliphatic carbocycles. The fraction of sp³-hybridized carbons (Fsp3) is 0.917. The summed E-state index contributed by atoms with van der Waals surface area (Å²) in [7, 11) is 0. The monoisotopic (exact) mass is 224 g/mol. The maximum absolute atomic E-state index is 4.44. The standard InChI is InChI=1S/C12H24N4/c1-2-11(16-8-3-4-9-16)10-15-12-13-6-5-7-14-12/h11H,2-10H2,1H3,(H2,13,14,15). The van der Waals surface area contributed by atoms with E-state index in [0.29, 0.717) is 6.04 Å². The number of nitrogens with zero attached hydrogens (tertiary/aromatic N) is 2. The molecule has 0 aromatic heterocycles. The van der Waals surface area contributed by atoms with Crippen LogP contribution in [0.4, 0.5) is 0 Å². The van der Waals surface area contributed by atoms with E-state index >= 15 is 0 Å². The Morgan fingerprint density at radius 1 is 1.38 bits per heavy atom. The Labute approximate surface area is 98.5 Å². The summed E-state index contributed by atoms with van der Waals surface area (Å²) in [6, 6.07) is 0.675. The third-order valence-corrected chi connectivity index (χ3v) is 3.53. The predicted molar refractivity (Wildman–Crippen MR) is 67.8 cm³/mol. The second-order valence-electron chi connectivity index (χ2n) is 4.70. The average molecular weight is 224 g/mol. The van der Waals surface area contributed by atoms with Gasteiger partial charge in [0.2, 0.25) is 0 Å². The molecule has 4 heteroatoms. The Bertz CT molecular complexity index is 233. The lowest BCUT2D eigenvalue weighted by molar-refractivity contribution is 0.236. The molecule has 1 atom stereocenters. The maximum atomic E-state index is 4.44. The summed E-state index contributed by atoms with van der Waals surface area (Å²) in [6.45, 7) is 7.89. The van der Waals surface area contributed by atoms with Crippen LogP contribution in [0.1, 0.15) is 32.6 Å². The van der Waals surface area contributed by atoms with Crippen LogP contribution in [-0.4, -0.2) is 49.6 Å². The number of likely N-dealkylation sites (tertiary alicyclic amines) is 1. The molecule has 0 saturated carbocycles. The van der Waals surface area contributed by atoms with E-state index in [0.717, 1.165) is 32.0 Å². The zero-order valence-corrected chi connectivity index (χ0v) is 10.3. The van der Waals surface area contributed by atoms with E-state index in [9.17, 15) is 0 Å². The quantitative estimate of drug-likeness (QED) is 0.742. The van der Waals surface area contributed by atoms with Crippen LogP contribution in [-0.2, 0) is 0 Å². The first-order valence-electron chi connectivity index (χ1n) is 6.66. The first-order valence-corrected chi connectivity index (χ1v) is 6.66. The van der Waals surface area contributed by atoms with Crippen molar-refractivity contribution in [1.29, 1.82) is 0 Å². The molecule has 92 valence electrons. The van der Waals surface area contributed by atoms with Crippen molar-refractivity contribution in [3.63, 3.8) is 0 Å². The minimum atomic E-state index is 0.675. The molecule has 1 saturated heterocycles. The number of guanidine groups is 1. The molecule has 1 unspecified atom stereocenters. The first kappa shape index (κ1) is 11.7. The molecule has 2 rings (SSSR count). The van der Waals surface area contributed by atoms with Crippen LogP contribution in [0.5, 0.6) is 0 Å². The highest BCUT2D eigenvalue weighted by Crippen LogP contribution is 2.13. The second-order valence-corrected chi connectivity index (χ2v) is 4.70. The number of nitrogens with one attached hydrogen (secondary N) is 2. The zero-order valence-electron chi connectivity index (χ0n) is 10.3. The predicted octanol–water partition coefficient (Wildman–Crippen LogP) is 0.800. The highest BCUT2D eigenvalue weighted by molar-refractivity contribution is 5.80. The Morgan fingerprint density at radius 3 is 2.81 bits per heavy atom. The first-order chi connectivity index (χ1) is 7.90. The van der Waals surface area contributed by atoms with Crippen molar-refractivity contribution in [1.82, 2.24) is 15.5 Å². The molecule has 2 aliphatic heterocycles. The van der Waals surface area contributed by atoms with Gasteiger partial charge in [-0.3, -0.25) is 9.89 Å². The van der Waals surface area contributed by atoms with Gasteiger partial charge in [-0.15, -0.1) is 0 Å². The van der Waals surface area contributed by atoms with Crippen molar-refractivity contribution in [2.24, 2.45) is 4.99 Å². The van der Waals surface area contributed by atoms with Gasteiger partial charge in [0.25, 0.3) is 0 Å². The topological polar surface area (TPSA) is 39.7 Å². The van der Waals surface area contributed by atoms with Gasteiger partial charge >= 0.3 is 0 Å². The van der Waals surface area contributed by atoms with Gasteiger partial charge in [0, 0.05) is 25.7 Å². The normalized spacial score (nSPS) is 23.7. The number of hydrogen-bond acceptors (Lipinski definition) is 4. The van der Waals surface area contributed by atoms with Gasteiger partial charge in [-0.1, -0.05) is 6.92 Å². The minimum Gasteiger partial charge on any atom is -0.356 e. The lowest BCUT2D eigenvalue weighted by Crippen LogP contribution is -2.47. The summed E-state index contributed by atoms with van der Waals surface area (Å²) in [5, 5.41) is 6.76. The Kier molecular flexibility index (Phi) is 4.45. The summed E-state index contributed by atoms with van der Waals surface area (Å²) in [5.41, 5.74) is 0. The van der Waals surface area contributed by atoms with Crippen molar-refractivity contribution in [2.75, 3.05) is 32.7 Å². The maximum Gasteiger partial charge on any atom is 0.191 e. The van der Waals surface area contributed by atoms with Crippen LogP contribution in [0.3, 0.4) is 0 Å². The van der Waals surface area contributed by atoms with Crippen molar-refractivity contribution in [3.05, 3.63) is 0 Å². The summed E-state index contributed by atoms with van der Waals surface area (Å²) in [4.78, 5) is 7.05. The van der Waals surface area contributed by atoms with Gasteiger partial charge in [0.1, 0.15) is 0 Å². The van der Waals surface area contributed by atoms with Gasteiger partial charge < -0.3 is 10.6 Å². The third-order valence-electron chi connectivity index (χ3n) is 3.53. The summed E-state index contributed by atoms with van der Waals surface area (Å²) in [5.74, 6) is 1.00. The van der Waals surface area contributed by atoms with Crippen LogP contribution in [0, 0.1) is 0 Å². The van der Waals surface area contributed by atoms with E-state index in [2.05, 4.69) is 27.4 Å². The molecular formula is C12H24N4. The van der Waals surface area contributed by atoms with Gasteiger partial charge in [0.05, 0.1) is 0 Å². The molecule has 2 N–H and O–H groups in total. The molecule has 0 amide bonds. The van der Waals surface area contributed by atoms with Gasteiger partial charge in [-0.25, -0.2) is 0 Å². The molecule has 16 heavy (non-hydrogen) atoms. The molecule has 0 bridgehead atoms. The van der Waals surface area contributed by atoms with Gasteiger partial charge in [-0.2, -0.15) is 0 Å². The van der Waals surface area contributed by atoms with E-state index < -0.39 is 0 Å². The van der Waals surface area contributed by atoms with Crippen molar-refractivity contribution in [3.8, 4) is 0 Å². The SMILES string of the molecule is CCC(CNC1=NCCCN1)N1CCCC1. The van der Waals surface area contributed by atoms with Crippen LogP contribution < -0.4 is 10.6 Å². The third kappa shape index (κ3) is 3.11. The van der Waals surface area contributed by atoms with Crippen LogP contribution in [0.25, 0.3) is 0 Å². The van der Waals surface area contributed by atoms with Crippen molar-refractivity contribution in [2.45, 2.75) is 38.6 Å². The largest absolute Gasteiger partial charge is 0.356 e. The van der Waals surface area contributed by atoms with E-state index in [1.807, 2.05) is 0 Å². The molecule has 4 nitrogen and oxygen atoms in total. The molecule has 2 heterocycles. The van der Waals surface area contributed by atoms with Crippen molar-refractivity contribution >= 4 is 5.96 Å². The van der Waals surface area contributed by atoms with Gasteiger partial charge in [-0.05, 0) is 38.8 Å². The zero-order chi connectivity index (χ0) is 11.2. The van der Waals surface area contributed by atoms with E-state index in [1.165, 1.54) is 32.4 Å². The lowest BCUT2D eigenvalue weighted by atomic mass is 10.2. The molecular weight excluding hydrogens is 200 g/mol. The van der Waals surface area contributed by atoms with E-state index in [1.54, 1.807) is 0 Å². The van der Waals surface area contributed by atoms with E-state index in [4.69, 9.17) is 0 Å². The fourth-order valence-electron chi connectivity index (χ4n) is 2.50.